The van der Waals surface area contributed by atoms with E-state index in [9.17, 15) is 31.2 Å². The Morgan fingerprint density at radius 1 is 1.03 bits per heavy atom. The summed E-state index contributed by atoms with van der Waals surface area (Å²) in [5.74, 6) is -1.03. The van der Waals surface area contributed by atoms with Crippen molar-refractivity contribution in [3.63, 3.8) is 0 Å². The van der Waals surface area contributed by atoms with Crippen LogP contribution in [0.2, 0.25) is 0 Å². The molecule has 0 aliphatic carbocycles. The van der Waals surface area contributed by atoms with E-state index >= 15 is 0 Å². The van der Waals surface area contributed by atoms with Crippen molar-refractivity contribution < 1.29 is 35.5 Å². The van der Waals surface area contributed by atoms with Crippen LogP contribution in [0.25, 0.3) is 11.0 Å². The van der Waals surface area contributed by atoms with Crippen LogP contribution >= 0.6 is 0 Å². The Morgan fingerprint density at radius 3 is 2.42 bits per heavy atom. The molecule has 0 saturated carbocycles. The van der Waals surface area contributed by atoms with Crippen LogP contribution in [0.5, 0.6) is 5.75 Å². The van der Waals surface area contributed by atoms with Crippen molar-refractivity contribution in [2.24, 2.45) is 0 Å². The first kappa shape index (κ1) is 22.3. The first-order valence-corrected chi connectivity index (χ1v) is 10.2. The number of carbonyl (C=O) groups is 1. The van der Waals surface area contributed by atoms with Gasteiger partial charge in [0.2, 0.25) is 15.9 Å². The van der Waals surface area contributed by atoms with Gasteiger partial charge in [-0.05, 0) is 48.5 Å². The van der Waals surface area contributed by atoms with E-state index in [1.54, 1.807) is 6.07 Å². The number of anilines is 1. The predicted octanol–water partition coefficient (Wildman–Crippen LogP) is 3.00. The quantitative estimate of drug-likeness (QED) is 0.529. The number of halogens is 3. The summed E-state index contributed by atoms with van der Waals surface area (Å²) in [7, 11) is -4.03. The number of nitrogens with one attached hydrogen (secondary N) is 2. The van der Waals surface area contributed by atoms with Gasteiger partial charge in [-0.25, -0.2) is 17.9 Å². The van der Waals surface area contributed by atoms with E-state index in [0.29, 0.717) is 16.7 Å². The first-order chi connectivity index (χ1) is 14.5. The molecular weight excluding hydrogens is 441 g/mol. The summed E-state index contributed by atoms with van der Waals surface area (Å²) < 4.78 is 71.7. The minimum absolute atomic E-state index is 0.198. The van der Waals surface area contributed by atoms with Gasteiger partial charge in [0.05, 0.1) is 4.90 Å². The molecule has 0 aliphatic rings. The van der Waals surface area contributed by atoms with Crippen molar-refractivity contribution in [1.82, 2.24) is 4.72 Å². The van der Waals surface area contributed by atoms with Gasteiger partial charge in [-0.15, -0.1) is 13.2 Å². The van der Waals surface area contributed by atoms with Crippen molar-refractivity contribution in [1.29, 1.82) is 0 Å². The van der Waals surface area contributed by atoms with Gasteiger partial charge >= 0.3 is 12.0 Å². The van der Waals surface area contributed by atoms with E-state index in [2.05, 4.69) is 14.8 Å². The minimum Gasteiger partial charge on any atom is -0.423 e. The predicted molar refractivity (Wildman–Crippen MR) is 104 cm³/mol. The van der Waals surface area contributed by atoms with Gasteiger partial charge in [0.1, 0.15) is 11.3 Å². The molecule has 2 N–H and O–H groups in total. The van der Waals surface area contributed by atoms with E-state index in [4.69, 9.17) is 4.42 Å². The second-order valence-electron chi connectivity index (χ2n) is 6.22. The Bertz CT molecular complexity index is 1250. The highest BCUT2D eigenvalue weighted by molar-refractivity contribution is 7.89. The molecule has 0 aliphatic heterocycles. The van der Waals surface area contributed by atoms with Crippen LogP contribution < -0.4 is 20.4 Å². The maximum absolute atomic E-state index is 12.2. The van der Waals surface area contributed by atoms with E-state index in [0.717, 1.165) is 24.3 Å². The average Bonchev–Trinajstić information content (AvgIpc) is 2.67. The molecule has 0 spiro atoms. The number of rotatable bonds is 7. The second kappa shape index (κ2) is 8.78. The Labute approximate surface area is 173 Å². The lowest BCUT2D eigenvalue weighted by Crippen LogP contribution is -2.27. The van der Waals surface area contributed by atoms with Crippen LogP contribution in [-0.4, -0.2) is 27.2 Å². The standard InChI is InChI=1S/C19H15F3N2O6S/c20-19(21,22)30-14-3-5-15(6-4-14)31(27,28)23-10-9-17(25)24-13-2-7-16-12(11-13)1-8-18(26)29-16/h1-8,11,23H,9-10H2,(H,24,25). The number of hydrogen-bond acceptors (Lipinski definition) is 6. The second-order valence-corrected chi connectivity index (χ2v) is 7.99. The number of benzene rings is 2. The lowest BCUT2D eigenvalue weighted by molar-refractivity contribution is -0.274. The van der Waals surface area contributed by atoms with Gasteiger partial charge < -0.3 is 14.5 Å². The normalized spacial score (nSPS) is 12.0. The monoisotopic (exact) mass is 456 g/mol. The van der Waals surface area contributed by atoms with Crippen LogP contribution in [0.1, 0.15) is 6.42 Å². The van der Waals surface area contributed by atoms with Crippen LogP contribution in [0.4, 0.5) is 18.9 Å². The minimum atomic E-state index is -4.88. The molecule has 1 amide bonds. The first-order valence-electron chi connectivity index (χ1n) is 8.71. The molecule has 12 heteroatoms. The maximum Gasteiger partial charge on any atom is 0.573 e. The summed E-state index contributed by atoms with van der Waals surface area (Å²) in [6.45, 7) is -0.239. The zero-order chi connectivity index (χ0) is 22.6. The number of amides is 1. The molecule has 1 aromatic heterocycles. The Hall–Kier alpha value is -3.38. The topological polar surface area (TPSA) is 115 Å². The summed E-state index contributed by atoms with van der Waals surface area (Å²) in [6, 6.07) is 11.1. The number of carbonyl (C=O) groups excluding carboxylic acids is 1. The molecule has 1 heterocycles. The molecule has 31 heavy (non-hydrogen) atoms. The van der Waals surface area contributed by atoms with Crippen LogP contribution in [0, 0.1) is 0 Å². The van der Waals surface area contributed by atoms with Crippen LogP contribution in [-0.2, 0) is 14.8 Å². The highest BCUT2D eigenvalue weighted by Crippen LogP contribution is 2.24. The van der Waals surface area contributed by atoms with Gasteiger partial charge in [-0.1, -0.05) is 0 Å². The largest absolute Gasteiger partial charge is 0.573 e. The Kier molecular flexibility index (Phi) is 6.32. The van der Waals surface area contributed by atoms with Gasteiger partial charge in [-0.2, -0.15) is 0 Å². The SMILES string of the molecule is O=C(CCNS(=O)(=O)c1ccc(OC(F)(F)F)cc1)Nc1ccc2oc(=O)ccc2c1. The number of alkyl halides is 3. The summed E-state index contributed by atoms with van der Waals surface area (Å²) in [4.78, 5) is 23.0. The van der Waals surface area contributed by atoms with E-state index in [-0.39, 0.29) is 17.9 Å². The van der Waals surface area contributed by atoms with Crippen molar-refractivity contribution in [2.45, 2.75) is 17.7 Å². The van der Waals surface area contributed by atoms with E-state index in [1.165, 1.54) is 24.3 Å². The van der Waals surface area contributed by atoms with Crippen molar-refractivity contribution >= 4 is 32.6 Å². The third kappa shape index (κ3) is 6.30. The molecule has 0 atom stereocenters. The molecule has 8 nitrogen and oxygen atoms in total. The summed E-state index contributed by atoms with van der Waals surface area (Å²) in [5, 5.41) is 3.18. The Morgan fingerprint density at radius 2 is 1.74 bits per heavy atom. The van der Waals surface area contributed by atoms with Gasteiger partial charge in [0.25, 0.3) is 0 Å². The molecule has 0 radical (unpaired) electrons. The van der Waals surface area contributed by atoms with E-state index < -0.39 is 33.7 Å². The van der Waals surface area contributed by atoms with Gasteiger partial charge in [-0.3, -0.25) is 4.79 Å². The fourth-order valence-corrected chi connectivity index (χ4v) is 3.61. The maximum atomic E-state index is 12.2. The molecule has 0 bridgehead atoms. The van der Waals surface area contributed by atoms with Crippen molar-refractivity contribution in [3.8, 4) is 5.75 Å². The zero-order valence-corrected chi connectivity index (χ0v) is 16.4. The molecule has 3 rings (SSSR count). The summed E-state index contributed by atoms with van der Waals surface area (Å²) in [5.41, 5.74) is 0.276. The van der Waals surface area contributed by atoms with Crippen molar-refractivity contribution in [2.75, 3.05) is 11.9 Å². The zero-order valence-electron chi connectivity index (χ0n) is 15.6. The highest BCUT2D eigenvalue weighted by Gasteiger charge is 2.31. The van der Waals surface area contributed by atoms with Crippen LogP contribution in [0.15, 0.2) is 68.7 Å². The fraction of sp³-hybridized carbons (Fsp3) is 0.158. The third-order valence-electron chi connectivity index (χ3n) is 3.91. The molecule has 0 saturated heterocycles. The molecular formula is C19H15F3N2O6S. The average molecular weight is 456 g/mol. The molecule has 2 aromatic carbocycles. The lowest BCUT2D eigenvalue weighted by atomic mass is 10.2. The molecule has 164 valence electrons. The Balaban J connectivity index is 1.54. The van der Waals surface area contributed by atoms with Crippen LogP contribution in [0.3, 0.4) is 0 Å². The third-order valence-corrected chi connectivity index (χ3v) is 5.39. The number of sulfonamides is 1. The molecule has 0 unspecified atom stereocenters. The summed E-state index contributed by atoms with van der Waals surface area (Å²) in [6.07, 6.45) is -5.08. The lowest BCUT2D eigenvalue weighted by Gasteiger charge is -2.10. The smallest absolute Gasteiger partial charge is 0.423 e. The van der Waals surface area contributed by atoms with Gasteiger partial charge in [0, 0.05) is 30.1 Å². The molecule has 0 fully saturated rings. The van der Waals surface area contributed by atoms with E-state index in [1.807, 2.05) is 0 Å². The summed E-state index contributed by atoms with van der Waals surface area (Å²) >= 11 is 0. The highest BCUT2D eigenvalue weighted by atomic mass is 32.2. The molecule has 3 aromatic rings. The number of ether oxygens (including phenoxy) is 1. The number of fused-ring (bicyclic) bond motifs is 1. The van der Waals surface area contributed by atoms with Gasteiger partial charge in [0.15, 0.2) is 0 Å². The number of hydrogen-bond donors (Lipinski definition) is 2. The fourth-order valence-electron chi connectivity index (χ4n) is 2.58. The van der Waals surface area contributed by atoms with Crippen molar-refractivity contribution in [3.05, 3.63) is 65.0 Å².